The van der Waals surface area contributed by atoms with Crippen LogP contribution in [0.4, 0.5) is 4.39 Å². The van der Waals surface area contributed by atoms with Crippen LogP contribution in [0.15, 0.2) is 34.7 Å². The normalized spacial score (nSPS) is 10.3. The Bertz CT molecular complexity index is 658. The summed E-state index contributed by atoms with van der Waals surface area (Å²) in [4.78, 5) is 16.2. The molecule has 0 unspecified atom stereocenters. The van der Waals surface area contributed by atoms with Gasteiger partial charge in [-0.1, -0.05) is 13.8 Å². The molecule has 0 spiro atoms. The summed E-state index contributed by atoms with van der Waals surface area (Å²) in [7, 11) is 0. The Morgan fingerprint density at radius 3 is 2.59 bits per heavy atom. The van der Waals surface area contributed by atoms with E-state index in [1.807, 2.05) is 19.2 Å². The van der Waals surface area contributed by atoms with E-state index in [0.717, 1.165) is 29.1 Å². The Kier molecular flexibility index (Phi) is 5.77. The van der Waals surface area contributed by atoms with Crippen LogP contribution in [-0.4, -0.2) is 16.6 Å². The average molecular weight is 319 g/mol. The topological polar surface area (TPSA) is 54.4 Å². The number of amides is 1. The Morgan fingerprint density at radius 2 is 1.95 bits per heavy atom. The molecule has 0 aliphatic rings. The number of nitrogens with zero attached hydrogens (tertiary/aromatic N) is 2. The molecule has 0 atom stereocenters. The molecule has 1 N–H and O–H groups in total. The van der Waals surface area contributed by atoms with E-state index < -0.39 is 0 Å². The van der Waals surface area contributed by atoms with Crippen LogP contribution < -0.4 is 5.43 Å². The first kappa shape index (κ1) is 16.3. The second kappa shape index (κ2) is 7.79. The molecule has 1 aromatic heterocycles. The molecule has 0 saturated carbocycles. The Labute approximate surface area is 133 Å². The van der Waals surface area contributed by atoms with Crippen molar-refractivity contribution in [1.29, 1.82) is 0 Å². The van der Waals surface area contributed by atoms with Crippen molar-refractivity contribution >= 4 is 23.0 Å². The van der Waals surface area contributed by atoms with E-state index in [-0.39, 0.29) is 18.1 Å². The van der Waals surface area contributed by atoms with Gasteiger partial charge in [-0.2, -0.15) is 5.10 Å². The lowest BCUT2D eigenvalue weighted by atomic mass is 10.2. The number of aromatic nitrogens is 1. The number of hydrogen-bond acceptors (Lipinski definition) is 4. The van der Waals surface area contributed by atoms with E-state index in [2.05, 4.69) is 15.5 Å². The summed E-state index contributed by atoms with van der Waals surface area (Å²) in [6.07, 6.45) is 1.83. The Morgan fingerprint density at radius 1 is 1.27 bits per heavy atom. The van der Waals surface area contributed by atoms with Gasteiger partial charge in [-0.25, -0.2) is 14.8 Å². The molecule has 116 valence electrons. The van der Waals surface area contributed by atoms with E-state index in [1.54, 1.807) is 12.1 Å². The summed E-state index contributed by atoms with van der Waals surface area (Å²) in [6.45, 7) is 4.01. The number of nitrogens with one attached hydrogen (secondary N) is 1. The highest BCUT2D eigenvalue weighted by atomic mass is 32.1. The van der Waals surface area contributed by atoms with Crippen molar-refractivity contribution in [2.24, 2.45) is 5.10 Å². The number of hydrogen-bond donors (Lipinski definition) is 1. The van der Waals surface area contributed by atoms with Gasteiger partial charge >= 0.3 is 0 Å². The molecule has 1 aromatic carbocycles. The number of carbonyl (C=O) groups excluding carboxylic acids is 1. The third-order valence-electron chi connectivity index (χ3n) is 3.14. The van der Waals surface area contributed by atoms with Gasteiger partial charge in [0.1, 0.15) is 10.8 Å². The maximum absolute atomic E-state index is 12.9. The molecule has 4 nitrogen and oxygen atoms in total. The molecule has 0 aliphatic carbocycles. The molecule has 0 aliphatic heterocycles. The molecular formula is C16H18FN3OS. The average Bonchev–Trinajstić information content (AvgIpc) is 2.97. The van der Waals surface area contributed by atoms with Gasteiger partial charge in [-0.3, -0.25) is 4.79 Å². The van der Waals surface area contributed by atoms with Crippen molar-refractivity contribution < 1.29 is 9.18 Å². The van der Waals surface area contributed by atoms with Crippen LogP contribution in [0, 0.1) is 5.82 Å². The third-order valence-corrected chi connectivity index (χ3v) is 4.08. The molecule has 0 fully saturated rings. The van der Waals surface area contributed by atoms with Gasteiger partial charge < -0.3 is 0 Å². The molecule has 2 aromatic rings. The monoisotopic (exact) mass is 319 g/mol. The van der Waals surface area contributed by atoms with Crippen LogP contribution in [0.5, 0.6) is 0 Å². The maximum Gasteiger partial charge on any atom is 0.246 e. The summed E-state index contributed by atoms with van der Waals surface area (Å²) < 4.78 is 12.9. The highest BCUT2D eigenvalue weighted by Crippen LogP contribution is 2.24. The highest BCUT2D eigenvalue weighted by molar-refractivity contribution is 7.13. The smallest absolute Gasteiger partial charge is 0.246 e. The first-order valence-corrected chi connectivity index (χ1v) is 8.05. The molecule has 1 heterocycles. The van der Waals surface area contributed by atoms with E-state index in [9.17, 15) is 9.18 Å². The second-order valence-electron chi connectivity index (χ2n) is 4.75. The molecule has 2 rings (SSSR count). The predicted octanol–water partition coefficient (Wildman–Crippen LogP) is 3.78. The van der Waals surface area contributed by atoms with Gasteiger partial charge in [-0.05, 0) is 37.1 Å². The van der Waals surface area contributed by atoms with Crippen LogP contribution in [0.2, 0.25) is 0 Å². The quantitative estimate of drug-likeness (QED) is 0.650. The predicted molar refractivity (Wildman–Crippen MR) is 87.4 cm³/mol. The third kappa shape index (κ3) is 4.46. The van der Waals surface area contributed by atoms with Crippen LogP contribution in [0.3, 0.4) is 0 Å². The fraction of sp³-hybridized carbons (Fsp3) is 0.312. The molecule has 0 radical (unpaired) electrons. The van der Waals surface area contributed by atoms with Gasteiger partial charge in [0, 0.05) is 16.7 Å². The first-order chi connectivity index (χ1) is 10.6. The van der Waals surface area contributed by atoms with Crippen LogP contribution in [0.1, 0.15) is 32.4 Å². The van der Waals surface area contributed by atoms with Crippen LogP contribution in [-0.2, 0) is 11.2 Å². The van der Waals surface area contributed by atoms with Crippen molar-refractivity contribution in [3.63, 3.8) is 0 Å². The summed E-state index contributed by atoms with van der Waals surface area (Å²) in [5, 5.41) is 6.69. The zero-order valence-electron chi connectivity index (χ0n) is 12.6. The second-order valence-corrected chi connectivity index (χ2v) is 5.61. The van der Waals surface area contributed by atoms with Gasteiger partial charge in [0.15, 0.2) is 0 Å². The maximum atomic E-state index is 12.9. The van der Waals surface area contributed by atoms with Gasteiger partial charge in [-0.15, -0.1) is 11.3 Å². The van der Waals surface area contributed by atoms with E-state index in [1.165, 1.54) is 23.5 Å². The SMILES string of the molecule is CCC(CC)=NNC(=O)Cc1csc(-c2ccc(F)cc2)n1. The van der Waals surface area contributed by atoms with Crippen LogP contribution in [0.25, 0.3) is 10.6 Å². The summed E-state index contributed by atoms with van der Waals surface area (Å²) in [5.74, 6) is -0.462. The Hall–Kier alpha value is -2.08. The largest absolute Gasteiger partial charge is 0.273 e. The number of hydrazone groups is 1. The fourth-order valence-electron chi connectivity index (χ4n) is 1.87. The number of carbonyl (C=O) groups is 1. The molecule has 0 saturated heterocycles. The van der Waals surface area contributed by atoms with Crippen molar-refractivity contribution in [1.82, 2.24) is 10.4 Å². The number of halogens is 1. The minimum atomic E-state index is -0.277. The molecule has 1 amide bonds. The van der Waals surface area contributed by atoms with E-state index in [0.29, 0.717) is 5.69 Å². The van der Waals surface area contributed by atoms with Crippen molar-refractivity contribution in [2.75, 3.05) is 0 Å². The number of thiazole rings is 1. The van der Waals surface area contributed by atoms with E-state index >= 15 is 0 Å². The first-order valence-electron chi connectivity index (χ1n) is 7.17. The lowest BCUT2D eigenvalue weighted by Crippen LogP contribution is -2.21. The standard InChI is InChI=1S/C16H18FN3OS/c1-3-13(4-2)19-20-15(21)9-14-10-22-16(18-14)11-5-7-12(17)8-6-11/h5-8,10H,3-4,9H2,1-2H3,(H,20,21). The molecule has 22 heavy (non-hydrogen) atoms. The van der Waals surface area contributed by atoms with Crippen molar-refractivity contribution in [3.05, 3.63) is 41.2 Å². The Balaban J connectivity index is 1.98. The lowest BCUT2D eigenvalue weighted by molar-refractivity contribution is -0.120. The lowest BCUT2D eigenvalue weighted by Gasteiger charge is -2.01. The van der Waals surface area contributed by atoms with E-state index in [4.69, 9.17) is 0 Å². The summed E-state index contributed by atoms with van der Waals surface area (Å²) in [6, 6.07) is 6.15. The summed E-state index contributed by atoms with van der Waals surface area (Å²) in [5.41, 5.74) is 5.04. The zero-order chi connectivity index (χ0) is 15.9. The van der Waals surface area contributed by atoms with Crippen LogP contribution >= 0.6 is 11.3 Å². The number of rotatable bonds is 6. The molecule has 0 bridgehead atoms. The van der Waals surface area contributed by atoms with Gasteiger partial charge in [0.05, 0.1) is 12.1 Å². The van der Waals surface area contributed by atoms with Crippen molar-refractivity contribution in [3.8, 4) is 10.6 Å². The van der Waals surface area contributed by atoms with Gasteiger partial charge in [0.25, 0.3) is 0 Å². The number of benzene rings is 1. The zero-order valence-corrected chi connectivity index (χ0v) is 13.4. The van der Waals surface area contributed by atoms with Crippen molar-refractivity contribution in [2.45, 2.75) is 33.1 Å². The highest BCUT2D eigenvalue weighted by Gasteiger charge is 2.09. The van der Waals surface area contributed by atoms with Gasteiger partial charge in [0.2, 0.25) is 5.91 Å². The fourth-order valence-corrected chi connectivity index (χ4v) is 2.69. The minimum Gasteiger partial charge on any atom is -0.273 e. The minimum absolute atomic E-state index is 0.182. The summed E-state index contributed by atoms with van der Waals surface area (Å²) >= 11 is 1.43. The molecule has 6 heteroatoms. The molecular weight excluding hydrogens is 301 g/mol.